The molecule has 3 nitrogen and oxygen atoms in total. The summed E-state index contributed by atoms with van der Waals surface area (Å²) in [5.74, 6) is 0.631. The Kier molecular flexibility index (Phi) is 5.49. The predicted octanol–water partition coefficient (Wildman–Crippen LogP) is 4.54. The van der Waals surface area contributed by atoms with Crippen molar-refractivity contribution >= 4 is 5.78 Å². The molecule has 0 bridgehead atoms. The maximum atomic E-state index is 13.0. The third kappa shape index (κ3) is 4.28. The van der Waals surface area contributed by atoms with Gasteiger partial charge < -0.3 is 9.47 Å². The van der Waals surface area contributed by atoms with Crippen LogP contribution in [0.4, 0.5) is 13.2 Å². The lowest BCUT2D eigenvalue weighted by molar-refractivity contribution is -0.138. The second kappa shape index (κ2) is 7.38. The number of ether oxygens (including phenoxy) is 2. The van der Waals surface area contributed by atoms with Gasteiger partial charge in [-0.15, -0.1) is 0 Å². The van der Waals surface area contributed by atoms with Gasteiger partial charge in [0, 0.05) is 18.1 Å². The lowest BCUT2D eigenvalue weighted by Gasteiger charge is -2.12. The largest absolute Gasteiger partial charge is 0.497 e. The Bertz CT molecular complexity index is 701. The lowest BCUT2D eigenvalue weighted by Crippen LogP contribution is -2.10. The van der Waals surface area contributed by atoms with Gasteiger partial charge in [0.15, 0.2) is 5.78 Å². The van der Waals surface area contributed by atoms with Crippen molar-refractivity contribution in [3.63, 3.8) is 0 Å². The monoisotopic (exact) mass is 338 g/mol. The number of benzene rings is 2. The van der Waals surface area contributed by atoms with Crippen molar-refractivity contribution in [2.75, 3.05) is 14.2 Å². The van der Waals surface area contributed by atoms with Gasteiger partial charge in [-0.1, -0.05) is 18.2 Å². The molecule has 0 atom stereocenters. The normalized spacial score (nSPS) is 11.2. The molecule has 2 aromatic rings. The van der Waals surface area contributed by atoms with E-state index in [-0.39, 0.29) is 24.2 Å². The highest BCUT2D eigenvalue weighted by molar-refractivity contribution is 5.97. The molecule has 0 saturated heterocycles. The molecule has 0 aliphatic rings. The van der Waals surface area contributed by atoms with Crippen LogP contribution >= 0.6 is 0 Å². The molecule has 0 aliphatic heterocycles. The van der Waals surface area contributed by atoms with Gasteiger partial charge in [0.2, 0.25) is 0 Å². The molecule has 0 unspecified atom stereocenters. The molecule has 0 aromatic heterocycles. The summed E-state index contributed by atoms with van der Waals surface area (Å²) in [6.45, 7) is 0. The maximum Gasteiger partial charge on any atom is 0.416 e. The number of hydrogen-bond donors (Lipinski definition) is 0. The number of hydrogen-bond acceptors (Lipinski definition) is 3. The van der Waals surface area contributed by atoms with Gasteiger partial charge in [0.25, 0.3) is 0 Å². The van der Waals surface area contributed by atoms with Crippen LogP contribution in [0.5, 0.6) is 11.5 Å². The van der Waals surface area contributed by atoms with Crippen LogP contribution in [0, 0.1) is 0 Å². The van der Waals surface area contributed by atoms with E-state index in [0.29, 0.717) is 17.1 Å². The molecular formula is C18H17F3O3. The zero-order chi connectivity index (χ0) is 17.7. The van der Waals surface area contributed by atoms with E-state index < -0.39 is 11.7 Å². The minimum absolute atomic E-state index is 0.00798. The van der Waals surface area contributed by atoms with Gasteiger partial charge in [-0.2, -0.15) is 13.2 Å². The van der Waals surface area contributed by atoms with Crippen LogP contribution in [0.3, 0.4) is 0 Å². The highest BCUT2D eigenvalue weighted by Crippen LogP contribution is 2.32. The second-order valence-electron chi connectivity index (χ2n) is 5.18. The highest BCUT2D eigenvalue weighted by Gasteiger charge is 2.32. The molecule has 0 fully saturated rings. The molecule has 24 heavy (non-hydrogen) atoms. The zero-order valence-corrected chi connectivity index (χ0v) is 13.3. The summed E-state index contributed by atoms with van der Waals surface area (Å²) in [6, 6.07) is 9.98. The van der Waals surface area contributed by atoms with E-state index in [2.05, 4.69) is 0 Å². The fraction of sp³-hybridized carbons (Fsp3) is 0.278. The lowest BCUT2D eigenvalue weighted by atomic mass is 9.98. The maximum absolute atomic E-state index is 13.0. The number of carbonyl (C=O) groups excluding carboxylic acids is 1. The first kappa shape index (κ1) is 17.8. The number of methoxy groups -OCH3 is 2. The van der Waals surface area contributed by atoms with Crippen LogP contribution in [0.25, 0.3) is 0 Å². The summed E-state index contributed by atoms with van der Waals surface area (Å²) in [7, 11) is 2.92. The van der Waals surface area contributed by atoms with E-state index in [9.17, 15) is 18.0 Å². The number of aryl methyl sites for hydroxylation is 1. The average Bonchev–Trinajstić information content (AvgIpc) is 2.58. The van der Waals surface area contributed by atoms with Gasteiger partial charge >= 0.3 is 6.18 Å². The Hall–Kier alpha value is -2.50. The molecule has 0 heterocycles. The van der Waals surface area contributed by atoms with Gasteiger partial charge in [0.05, 0.1) is 19.8 Å². The molecule has 0 saturated carbocycles. The van der Waals surface area contributed by atoms with Gasteiger partial charge in [0.1, 0.15) is 11.5 Å². The Balaban J connectivity index is 2.17. The molecule has 0 radical (unpaired) electrons. The first-order chi connectivity index (χ1) is 11.3. The van der Waals surface area contributed by atoms with Crippen LogP contribution in [0.15, 0.2) is 42.5 Å². The highest BCUT2D eigenvalue weighted by atomic mass is 19.4. The molecule has 2 aromatic carbocycles. The second-order valence-corrected chi connectivity index (χ2v) is 5.18. The summed E-state index contributed by atoms with van der Waals surface area (Å²) in [4.78, 5) is 12.3. The molecule has 0 N–H and O–H groups in total. The van der Waals surface area contributed by atoms with Crippen LogP contribution in [0.1, 0.15) is 27.9 Å². The molecule has 128 valence electrons. The Labute approximate surface area is 138 Å². The van der Waals surface area contributed by atoms with E-state index in [1.54, 1.807) is 18.2 Å². The number of rotatable bonds is 6. The molecule has 0 aliphatic carbocycles. The Morgan fingerprint density at radius 1 is 1.00 bits per heavy atom. The summed E-state index contributed by atoms with van der Waals surface area (Å²) in [5.41, 5.74) is -0.259. The summed E-state index contributed by atoms with van der Waals surface area (Å²) >= 11 is 0. The summed E-state index contributed by atoms with van der Waals surface area (Å²) in [6.07, 6.45) is -4.46. The predicted molar refractivity (Wildman–Crippen MR) is 83.6 cm³/mol. The topological polar surface area (TPSA) is 35.5 Å². The van der Waals surface area contributed by atoms with E-state index in [1.165, 1.54) is 32.4 Å². The first-order valence-corrected chi connectivity index (χ1v) is 7.26. The smallest absolute Gasteiger partial charge is 0.416 e. The van der Waals surface area contributed by atoms with E-state index >= 15 is 0 Å². The standard InChI is InChI=1S/C18H17F3O3/c1-23-14-9-13(10-15(11-14)24-2)17(22)8-7-12-5-3-4-6-16(12)18(19,20)21/h3-6,9-11H,7-8H2,1-2H3. The molecular weight excluding hydrogens is 321 g/mol. The average molecular weight is 338 g/mol. The van der Waals surface area contributed by atoms with Crippen molar-refractivity contribution in [1.82, 2.24) is 0 Å². The fourth-order valence-corrected chi connectivity index (χ4v) is 2.38. The number of alkyl halides is 3. The van der Waals surface area contributed by atoms with Crippen molar-refractivity contribution in [2.24, 2.45) is 0 Å². The number of Topliss-reactive ketones (excluding diaryl/α,β-unsaturated/α-hetero) is 1. The Morgan fingerprint density at radius 3 is 2.12 bits per heavy atom. The van der Waals surface area contributed by atoms with Crippen LogP contribution in [0.2, 0.25) is 0 Å². The zero-order valence-electron chi connectivity index (χ0n) is 13.3. The van der Waals surface area contributed by atoms with Gasteiger partial charge in [-0.05, 0) is 30.2 Å². The van der Waals surface area contributed by atoms with E-state index in [4.69, 9.17) is 9.47 Å². The van der Waals surface area contributed by atoms with Crippen molar-refractivity contribution in [2.45, 2.75) is 19.0 Å². The molecule has 2 rings (SSSR count). The minimum atomic E-state index is -4.43. The Morgan fingerprint density at radius 2 is 1.58 bits per heavy atom. The van der Waals surface area contributed by atoms with Crippen molar-refractivity contribution in [3.05, 3.63) is 59.2 Å². The van der Waals surface area contributed by atoms with Crippen molar-refractivity contribution < 1.29 is 27.4 Å². The first-order valence-electron chi connectivity index (χ1n) is 7.26. The van der Waals surface area contributed by atoms with Crippen LogP contribution < -0.4 is 9.47 Å². The number of halogens is 3. The number of carbonyl (C=O) groups is 1. The third-order valence-corrected chi connectivity index (χ3v) is 3.62. The van der Waals surface area contributed by atoms with Crippen molar-refractivity contribution in [1.29, 1.82) is 0 Å². The van der Waals surface area contributed by atoms with Crippen LogP contribution in [-0.2, 0) is 12.6 Å². The van der Waals surface area contributed by atoms with Crippen molar-refractivity contribution in [3.8, 4) is 11.5 Å². The summed E-state index contributed by atoms with van der Waals surface area (Å²) < 4.78 is 49.1. The third-order valence-electron chi connectivity index (χ3n) is 3.62. The molecule has 0 spiro atoms. The number of ketones is 1. The van der Waals surface area contributed by atoms with Gasteiger partial charge in [-0.3, -0.25) is 4.79 Å². The van der Waals surface area contributed by atoms with E-state index in [1.807, 2.05) is 0 Å². The van der Waals surface area contributed by atoms with E-state index in [0.717, 1.165) is 6.07 Å². The fourth-order valence-electron chi connectivity index (χ4n) is 2.38. The van der Waals surface area contributed by atoms with Gasteiger partial charge in [-0.25, -0.2) is 0 Å². The minimum Gasteiger partial charge on any atom is -0.497 e. The quantitative estimate of drug-likeness (QED) is 0.726. The molecule has 6 heteroatoms. The molecule has 0 amide bonds. The SMILES string of the molecule is COc1cc(OC)cc(C(=O)CCc2ccccc2C(F)(F)F)c1. The summed E-state index contributed by atoms with van der Waals surface area (Å²) in [5, 5.41) is 0. The van der Waals surface area contributed by atoms with Crippen LogP contribution in [-0.4, -0.2) is 20.0 Å².